The topological polar surface area (TPSA) is 29.5 Å². The number of aliphatic hydroxyl groups excluding tert-OH is 1. The average Bonchev–Trinajstić information content (AvgIpc) is 2.93. The molecule has 1 N–H and O–H groups in total. The van der Waals surface area contributed by atoms with Crippen molar-refractivity contribution in [3.63, 3.8) is 0 Å². The lowest BCUT2D eigenvalue weighted by Gasteiger charge is -2.11. The van der Waals surface area contributed by atoms with E-state index in [1.165, 1.54) is 173 Å². The number of hydrogen-bond acceptors (Lipinski definition) is 2. The lowest BCUT2D eigenvalue weighted by atomic mass is 10.0. The maximum Gasteiger partial charge on any atom is 0.0919 e. The summed E-state index contributed by atoms with van der Waals surface area (Å²) in [4.78, 5) is 0. The first-order valence-corrected chi connectivity index (χ1v) is 17.4. The van der Waals surface area contributed by atoms with Gasteiger partial charge in [-0.1, -0.05) is 161 Å². The van der Waals surface area contributed by atoms with Crippen LogP contribution in [0.2, 0.25) is 0 Å². The molecule has 0 fully saturated rings. The van der Waals surface area contributed by atoms with Gasteiger partial charge in [0.1, 0.15) is 0 Å². The van der Waals surface area contributed by atoms with Crippen molar-refractivity contribution in [1.82, 2.24) is 0 Å². The minimum Gasteiger partial charge on any atom is -0.498 e. The van der Waals surface area contributed by atoms with Crippen molar-refractivity contribution in [2.45, 2.75) is 194 Å². The van der Waals surface area contributed by atoms with Crippen LogP contribution < -0.4 is 0 Å². The summed E-state index contributed by atoms with van der Waals surface area (Å²) in [5.74, 6) is 1.28. The summed E-state index contributed by atoms with van der Waals surface area (Å²) in [5, 5.41) is 8.78. The standard InChI is InChI=1S/C36H70O2/c1-3-5-7-9-11-12-13-14-15-16-20-23-27-31-35-38-36(32-28-24-10-8-6-4-2)33-29-25-21-18-17-19-22-26-30-34-37/h26,30,33,37H,3-25,27-29,31-32,34-35H2,1-2H3/b30-26?,36-33+. The van der Waals surface area contributed by atoms with Gasteiger partial charge in [-0.3, -0.25) is 0 Å². The third kappa shape index (κ3) is 31.5. The maximum absolute atomic E-state index is 8.78. The van der Waals surface area contributed by atoms with Crippen LogP contribution in [0.25, 0.3) is 0 Å². The van der Waals surface area contributed by atoms with Gasteiger partial charge >= 0.3 is 0 Å². The normalized spacial score (nSPS) is 12.1. The van der Waals surface area contributed by atoms with Crippen molar-refractivity contribution in [1.29, 1.82) is 0 Å². The highest BCUT2D eigenvalue weighted by Crippen LogP contribution is 2.17. The molecule has 38 heavy (non-hydrogen) atoms. The predicted molar refractivity (Wildman–Crippen MR) is 171 cm³/mol. The van der Waals surface area contributed by atoms with E-state index in [9.17, 15) is 0 Å². The van der Waals surface area contributed by atoms with E-state index in [0.717, 1.165) is 19.4 Å². The smallest absolute Gasteiger partial charge is 0.0919 e. The zero-order valence-corrected chi connectivity index (χ0v) is 26.3. The second-order valence-corrected chi connectivity index (χ2v) is 11.6. The Balaban J connectivity index is 3.84. The van der Waals surface area contributed by atoms with Gasteiger partial charge in [-0.05, 0) is 44.6 Å². The Morgan fingerprint density at radius 3 is 1.39 bits per heavy atom. The van der Waals surface area contributed by atoms with Gasteiger partial charge in [-0.2, -0.15) is 0 Å². The van der Waals surface area contributed by atoms with Gasteiger partial charge < -0.3 is 9.84 Å². The Labute approximate surface area is 240 Å². The minimum absolute atomic E-state index is 0.175. The first kappa shape index (κ1) is 37.2. The van der Waals surface area contributed by atoms with Crippen LogP contribution >= 0.6 is 0 Å². The van der Waals surface area contributed by atoms with E-state index in [1.807, 2.05) is 6.08 Å². The molecule has 2 heteroatoms. The van der Waals surface area contributed by atoms with E-state index in [4.69, 9.17) is 9.84 Å². The Morgan fingerprint density at radius 1 is 0.474 bits per heavy atom. The molecule has 0 heterocycles. The third-order valence-corrected chi connectivity index (χ3v) is 7.78. The van der Waals surface area contributed by atoms with Crippen LogP contribution in [0.3, 0.4) is 0 Å². The minimum atomic E-state index is 0.175. The molecule has 0 aromatic rings. The highest BCUT2D eigenvalue weighted by Gasteiger charge is 2.01. The Kier molecular flexibility index (Phi) is 33.6. The van der Waals surface area contributed by atoms with Gasteiger partial charge in [-0.15, -0.1) is 0 Å². The van der Waals surface area contributed by atoms with Gasteiger partial charge in [0.15, 0.2) is 0 Å². The van der Waals surface area contributed by atoms with E-state index in [1.54, 1.807) is 0 Å². The second-order valence-electron chi connectivity index (χ2n) is 11.6. The molecule has 0 bridgehead atoms. The first-order valence-electron chi connectivity index (χ1n) is 17.4. The molecule has 0 saturated carbocycles. The molecule has 0 aliphatic rings. The molecule has 0 rings (SSSR count). The number of rotatable bonds is 32. The van der Waals surface area contributed by atoms with Crippen LogP contribution in [-0.4, -0.2) is 18.3 Å². The Morgan fingerprint density at radius 2 is 0.895 bits per heavy atom. The molecular formula is C36H70O2. The summed E-state index contributed by atoms with van der Waals surface area (Å²) in [6.07, 6.45) is 44.1. The number of hydrogen-bond donors (Lipinski definition) is 1. The fraction of sp³-hybridized carbons (Fsp3) is 0.889. The summed E-state index contributed by atoms with van der Waals surface area (Å²) in [6.45, 7) is 5.68. The van der Waals surface area contributed by atoms with Crippen LogP contribution in [0.15, 0.2) is 24.0 Å². The van der Waals surface area contributed by atoms with E-state index >= 15 is 0 Å². The van der Waals surface area contributed by atoms with Gasteiger partial charge in [0.25, 0.3) is 0 Å². The summed E-state index contributed by atoms with van der Waals surface area (Å²) >= 11 is 0. The molecule has 0 aromatic carbocycles. The van der Waals surface area contributed by atoms with Gasteiger partial charge in [-0.25, -0.2) is 0 Å². The third-order valence-electron chi connectivity index (χ3n) is 7.78. The van der Waals surface area contributed by atoms with E-state index in [-0.39, 0.29) is 6.61 Å². The van der Waals surface area contributed by atoms with Crippen molar-refractivity contribution >= 4 is 0 Å². The van der Waals surface area contributed by atoms with E-state index < -0.39 is 0 Å². The zero-order chi connectivity index (χ0) is 27.6. The Bertz CT molecular complexity index is 482. The Hall–Kier alpha value is -0.760. The highest BCUT2D eigenvalue weighted by atomic mass is 16.5. The van der Waals surface area contributed by atoms with Gasteiger partial charge in [0.2, 0.25) is 0 Å². The van der Waals surface area contributed by atoms with E-state index in [0.29, 0.717) is 0 Å². The fourth-order valence-electron chi connectivity index (χ4n) is 5.20. The number of aliphatic hydroxyl groups is 1. The molecule has 0 atom stereocenters. The lowest BCUT2D eigenvalue weighted by molar-refractivity contribution is 0.192. The quantitative estimate of drug-likeness (QED) is 0.0528. The fourth-order valence-corrected chi connectivity index (χ4v) is 5.20. The van der Waals surface area contributed by atoms with Crippen LogP contribution in [0.1, 0.15) is 194 Å². The van der Waals surface area contributed by atoms with Crippen LogP contribution in [-0.2, 0) is 4.74 Å². The molecule has 0 spiro atoms. The SMILES string of the molecule is CCCCCCCCCCCCCCCCO/C(=C/CCCCCCCC=CCO)CCCCCCCC. The first-order chi connectivity index (χ1) is 18.8. The van der Waals surface area contributed by atoms with Crippen molar-refractivity contribution in [3.8, 4) is 0 Å². The molecule has 0 unspecified atom stereocenters. The highest BCUT2D eigenvalue weighted by molar-refractivity contribution is 4.93. The van der Waals surface area contributed by atoms with E-state index in [2.05, 4.69) is 26.0 Å². The molecule has 0 saturated heterocycles. The van der Waals surface area contributed by atoms with Crippen molar-refractivity contribution < 1.29 is 9.84 Å². The van der Waals surface area contributed by atoms with Crippen LogP contribution in [0.4, 0.5) is 0 Å². The largest absolute Gasteiger partial charge is 0.498 e. The van der Waals surface area contributed by atoms with Gasteiger partial charge in [0.05, 0.1) is 19.0 Å². The summed E-state index contributed by atoms with van der Waals surface area (Å²) in [5.41, 5.74) is 0. The number of allylic oxidation sites excluding steroid dienone is 3. The van der Waals surface area contributed by atoms with Crippen LogP contribution in [0, 0.1) is 0 Å². The van der Waals surface area contributed by atoms with Crippen molar-refractivity contribution in [2.75, 3.05) is 13.2 Å². The predicted octanol–water partition coefficient (Wildman–Crippen LogP) is 12.4. The number of unbranched alkanes of at least 4 members (excludes halogenated alkanes) is 24. The summed E-state index contributed by atoms with van der Waals surface area (Å²) < 4.78 is 6.29. The molecule has 0 aromatic heterocycles. The molecule has 0 aliphatic carbocycles. The summed E-state index contributed by atoms with van der Waals surface area (Å²) in [6, 6.07) is 0. The summed E-state index contributed by atoms with van der Waals surface area (Å²) in [7, 11) is 0. The maximum atomic E-state index is 8.78. The number of ether oxygens (including phenoxy) is 1. The molecule has 0 amide bonds. The molecule has 0 radical (unpaired) electrons. The molecular weight excluding hydrogens is 464 g/mol. The monoisotopic (exact) mass is 535 g/mol. The van der Waals surface area contributed by atoms with Gasteiger partial charge in [0, 0.05) is 6.42 Å². The zero-order valence-electron chi connectivity index (χ0n) is 26.3. The van der Waals surface area contributed by atoms with Crippen LogP contribution in [0.5, 0.6) is 0 Å². The molecule has 226 valence electrons. The average molecular weight is 535 g/mol. The molecule has 0 aliphatic heterocycles. The van der Waals surface area contributed by atoms with Crippen molar-refractivity contribution in [2.24, 2.45) is 0 Å². The lowest BCUT2D eigenvalue weighted by Crippen LogP contribution is -1.97. The van der Waals surface area contributed by atoms with Crippen molar-refractivity contribution in [3.05, 3.63) is 24.0 Å². The second kappa shape index (κ2) is 34.3. The molecule has 2 nitrogen and oxygen atoms in total.